The largest absolute Gasteiger partial charge is 0.396 e. The van der Waals surface area contributed by atoms with Crippen LogP contribution in [-0.4, -0.2) is 17.9 Å². The zero-order valence-electron chi connectivity index (χ0n) is 10.2. The van der Waals surface area contributed by atoms with E-state index in [1.807, 2.05) is 24.4 Å². The van der Waals surface area contributed by atoms with E-state index in [-0.39, 0.29) is 6.10 Å². The highest BCUT2D eigenvalue weighted by atomic mass is 16.5. The Bertz CT molecular complexity index is 587. The van der Waals surface area contributed by atoms with Gasteiger partial charge in [0.05, 0.1) is 11.4 Å². The maximum absolute atomic E-state index is 5.97. The van der Waals surface area contributed by atoms with Gasteiger partial charge < -0.3 is 15.0 Å². The number of hydrogen-bond acceptors (Lipinski definition) is 3. The Balaban J connectivity index is 1.98. The highest BCUT2D eigenvalue weighted by Crippen LogP contribution is 2.39. The average molecular weight is 241 g/mol. The van der Waals surface area contributed by atoms with Crippen molar-refractivity contribution in [1.82, 2.24) is 4.57 Å². The second kappa shape index (κ2) is 4.31. The van der Waals surface area contributed by atoms with Gasteiger partial charge in [0.15, 0.2) is 0 Å². The van der Waals surface area contributed by atoms with Crippen molar-refractivity contribution >= 4 is 17.6 Å². The molecule has 0 bridgehead atoms. The first-order chi connectivity index (χ1) is 8.79. The SMILES string of the molecule is COC1C=Nc2c(N)cn(Cc3ccccc3)c21. The van der Waals surface area contributed by atoms with Crippen LogP contribution in [0.2, 0.25) is 0 Å². The van der Waals surface area contributed by atoms with Crippen molar-refractivity contribution in [3.05, 3.63) is 47.8 Å². The molecule has 1 aliphatic rings. The van der Waals surface area contributed by atoms with Gasteiger partial charge in [0.25, 0.3) is 0 Å². The first-order valence-electron chi connectivity index (χ1n) is 5.89. The molecule has 1 aromatic heterocycles. The first kappa shape index (κ1) is 11.0. The molecule has 0 amide bonds. The highest BCUT2D eigenvalue weighted by molar-refractivity contribution is 5.84. The Hall–Kier alpha value is -2.07. The van der Waals surface area contributed by atoms with E-state index in [2.05, 4.69) is 21.7 Å². The molecule has 0 saturated carbocycles. The molecule has 18 heavy (non-hydrogen) atoms. The Labute approximate surface area is 106 Å². The molecule has 1 aromatic carbocycles. The van der Waals surface area contributed by atoms with Crippen LogP contribution in [0.25, 0.3) is 0 Å². The summed E-state index contributed by atoms with van der Waals surface area (Å²) in [4.78, 5) is 4.32. The number of fused-ring (bicyclic) bond motifs is 1. The van der Waals surface area contributed by atoms with Crippen molar-refractivity contribution in [1.29, 1.82) is 0 Å². The lowest BCUT2D eigenvalue weighted by Gasteiger charge is -2.12. The van der Waals surface area contributed by atoms with Crippen LogP contribution < -0.4 is 5.73 Å². The van der Waals surface area contributed by atoms with E-state index < -0.39 is 0 Å². The van der Waals surface area contributed by atoms with E-state index in [1.165, 1.54) is 5.56 Å². The zero-order valence-corrected chi connectivity index (χ0v) is 10.2. The summed E-state index contributed by atoms with van der Waals surface area (Å²) >= 11 is 0. The fourth-order valence-electron chi connectivity index (χ4n) is 2.32. The van der Waals surface area contributed by atoms with Gasteiger partial charge >= 0.3 is 0 Å². The zero-order chi connectivity index (χ0) is 12.5. The standard InChI is InChI=1S/C14H15N3O/c1-18-12-7-16-13-11(15)9-17(14(12)13)8-10-5-3-2-4-6-10/h2-7,9,12H,8,15H2,1H3. The van der Waals surface area contributed by atoms with Gasteiger partial charge in [0, 0.05) is 26.1 Å². The number of anilines is 1. The van der Waals surface area contributed by atoms with E-state index in [0.29, 0.717) is 5.69 Å². The van der Waals surface area contributed by atoms with Crippen LogP contribution in [0.5, 0.6) is 0 Å². The Morgan fingerprint density at radius 3 is 2.83 bits per heavy atom. The molecular formula is C14H15N3O. The number of nitrogens with two attached hydrogens (primary N) is 1. The Kier molecular flexibility index (Phi) is 2.64. The van der Waals surface area contributed by atoms with Gasteiger partial charge in [-0.25, -0.2) is 0 Å². The highest BCUT2D eigenvalue weighted by Gasteiger charge is 2.25. The Morgan fingerprint density at radius 1 is 1.33 bits per heavy atom. The van der Waals surface area contributed by atoms with Gasteiger partial charge in [-0.05, 0) is 5.56 Å². The number of rotatable bonds is 3. The number of hydrogen-bond donors (Lipinski definition) is 1. The molecule has 92 valence electrons. The van der Waals surface area contributed by atoms with Crippen LogP contribution in [-0.2, 0) is 11.3 Å². The van der Waals surface area contributed by atoms with Crippen molar-refractivity contribution < 1.29 is 4.74 Å². The van der Waals surface area contributed by atoms with E-state index in [4.69, 9.17) is 10.5 Å². The molecule has 4 heteroatoms. The predicted molar refractivity (Wildman–Crippen MR) is 72.3 cm³/mol. The quantitative estimate of drug-likeness (QED) is 0.897. The fourth-order valence-corrected chi connectivity index (χ4v) is 2.32. The summed E-state index contributed by atoms with van der Waals surface area (Å²) in [6.45, 7) is 0.781. The summed E-state index contributed by atoms with van der Waals surface area (Å²) < 4.78 is 7.52. The van der Waals surface area contributed by atoms with Gasteiger partial charge in [-0.3, -0.25) is 4.99 Å². The lowest BCUT2D eigenvalue weighted by Crippen LogP contribution is -2.08. The first-order valence-corrected chi connectivity index (χ1v) is 5.89. The second-order valence-electron chi connectivity index (χ2n) is 4.37. The van der Waals surface area contributed by atoms with Gasteiger partial charge in [-0.1, -0.05) is 30.3 Å². The van der Waals surface area contributed by atoms with Crippen molar-refractivity contribution in [2.75, 3.05) is 12.8 Å². The van der Waals surface area contributed by atoms with Crippen LogP contribution in [0.1, 0.15) is 17.4 Å². The third-order valence-electron chi connectivity index (χ3n) is 3.18. The fraction of sp³-hybridized carbons (Fsp3) is 0.214. The molecule has 1 atom stereocenters. The molecule has 3 rings (SSSR count). The summed E-state index contributed by atoms with van der Waals surface area (Å²) in [5, 5.41) is 0. The molecule has 0 saturated heterocycles. The minimum absolute atomic E-state index is 0.0963. The minimum atomic E-state index is -0.0963. The van der Waals surface area contributed by atoms with Crippen LogP contribution >= 0.6 is 0 Å². The lowest BCUT2D eigenvalue weighted by molar-refractivity contribution is 0.158. The number of aromatic nitrogens is 1. The van der Waals surface area contributed by atoms with E-state index >= 15 is 0 Å². The van der Waals surface area contributed by atoms with E-state index in [9.17, 15) is 0 Å². The number of aliphatic imine (C=N–C) groups is 1. The molecule has 2 N–H and O–H groups in total. The van der Waals surface area contributed by atoms with Crippen molar-refractivity contribution in [2.24, 2.45) is 4.99 Å². The number of methoxy groups -OCH3 is 1. The molecule has 0 spiro atoms. The number of nitrogen functional groups attached to an aromatic ring is 1. The smallest absolute Gasteiger partial charge is 0.134 e. The van der Waals surface area contributed by atoms with Crippen molar-refractivity contribution in [3.8, 4) is 0 Å². The third-order valence-corrected chi connectivity index (χ3v) is 3.18. The van der Waals surface area contributed by atoms with Crippen LogP contribution in [0.15, 0.2) is 41.5 Å². The summed E-state index contributed by atoms with van der Waals surface area (Å²) in [6, 6.07) is 10.3. The summed E-state index contributed by atoms with van der Waals surface area (Å²) in [5.41, 5.74) is 9.80. The number of nitrogens with zero attached hydrogens (tertiary/aromatic N) is 2. The summed E-state index contributed by atoms with van der Waals surface area (Å²) in [6.07, 6.45) is 3.63. The van der Waals surface area contributed by atoms with Crippen molar-refractivity contribution in [2.45, 2.75) is 12.6 Å². The van der Waals surface area contributed by atoms with Gasteiger partial charge in [0.1, 0.15) is 11.8 Å². The molecule has 0 fully saturated rings. The lowest BCUT2D eigenvalue weighted by atomic mass is 10.2. The molecular weight excluding hydrogens is 226 g/mol. The minimum Gasteiger partial charge on any atom is -0.396 e. The Morgan fingerprint density at radius 2 is 2.11 bits per heavy atom. The topological polar surface area (TPSA) is 52.5 Å². The van der Waals surface area contributed by atoms with Gasteiger partial charge in [0.2, 0.25) is 0 Å². The van der Waals surface area contributed by atoms with Crippen LogP contribution in [0, 0.1) is 0 Å². The second-order valence-corrected chi connectivity index (χ2v) is 4.37. The van der Waals surface area contributed by atoms with Crippen LogP contribution in [0.4, 0.5) is 11.4 Å². The monoisotopic (exact) mass is 241 g/mol. The normalized spacial score (nSPS) is 17.1. The van der Waals surface area contributed by atoms with Gasteiger partial charge in [-0.2, -0.15) is 0 Å². The molecule has 4 nitrogen and oxygen atoms in total. The van der Waals surface area contributed by atoms with Crippen molar-refractivity contribution in [3.63, 3.8) is 0 Å². The van der Waals surface area contributed by atoms with Crippen LogP contribution in [0.3, 0.4) is 0 Å². The average Bonchev–Trinajstić information content (AvgIpc) is 2.94. The molecule has 2 aromatic rings. The van der Waals surface area contributed by atoms with E-state index in [1.54, 1.807) is 13.3 Å². The van der Waals surface area contributed by atoms with Gasteiger partial charge in [-0.15, -0.1) is 0 Å². The molecule has 1 unspecified atom stereocenters. The molecule has 1 aliphatic heterocycles. The molecule has 2 heterocycles. The van der Waals surface area contributed by atoms with E-state index in [0.717, 1.165) is 17.9 Å². The predicted octanol–water partition coefficient (Wildman–Crippen LogP) is 2.52. The maximum Gasteiger partial charge on any atom is 0.134 e. The molecule has 0 aliphatic carbocycles. The molecule has 0 radical (unpaired) electrons. The number of benzene rings is 1. The maximum atomic E-state index is 5.97. The summed E-state index contributed by atoms with van der Waals surface area (Å²) in [5.74, 6) is 0. The third kappa shape index (κ3) is 1.71. The summed E-state index contributed by atoms with van der Waals surface area (Å²) in [7, 11) is 1.68. The number of ether oxygens (including phenoxy) is 1.